The summed E-state index contributed by atoms with van der Waals surface area (Å²) in [6.45, 7) is 2.80. The summed E-state index contributed by atoms with van der Waals surface area (Å²) in [5.74, 6) is -0.138. The molecular formula is C21H26N4O5S2. The maximum absolute atomic E-state index is 12.4. The van der Waals surface area contributed by atoms with E-state index in [4.69, 9.17) is 4.74 Å². The van der Waals surface area contributed by atoms with Gasteiger partial charge in [-0.2, -0.15) is 0 Å². The number of thiophene rings is 1. The van der Waals surface area contributed by atoms with E-state index in [1.807, 2.05) is 16.9 Å². The number of aryl methyl sites for hydroxylation is 1. The van der Waals surface area contributed by atoms with Crippen LogP contribution in [0.25, 0.3) is 11.0 Å². The van der Waals surface area contributed by atoms with Gasteiger partial charge in [0.25, 0.3) is 5.91 Å². The average molecular weight is 479 g/mol. The van der Waals surface area contributed by atoms with Crippen LogP contribution in [0, 0.1) is 0 Å². The summed E-state index contributed by atoms with van der Waals surface area (Å²) in [5.41, 5.74) is 1.30. The molecule has 9 nitrogen and oxygen atoms in total. The molecule has 32 heavy (non-hydrogen) atoms. The van der Waals surface area contributed by atoms with Crippen LogP contribution in [-0.2, 0) is 32.7 Å². The van der Waals surface area contributed by atoms with Gasteiger partial charge in [-0.15, -0.1) is 11.3 Å². The topological polar surface area (TPSA) is 111 Å². The molecule has 2 aromatic heterocycles. The lowest BCUT2D eigenvalue weighted by molar-refractivity contribution is -0.145. The van der Waals surface area contributed by atoms with E-state index in [0.717, 1.165) is 16.2 Å². The van der Waals surface area contributed by atoms with E-state index in [0.29, 0.717) is 22.8 Å². The number of nitrogens with zero attached hydrogens (tertiary/aromatic N) is 3. The van der Waals surface area contributed by atoms with Crippen LogP contribution in [0.1, 0.15) is 35.3 Å². The summed E-state index contributed by atoms with van der Waals surface area (Å²) in [4.78, 5) is 29.3. The third-order valence-electron chi connectivity index (χ3n) is 4.75. The number of sulfonamides is 1. The first-order chi connectivity index (χ1) is 15.2. The summed E-state index contributed by atoms with van der Waals surface area (Å²) in [7, 11) is -0.628. The molecule has 0 saturated heterocycles. The molecule has 0 unspecified atom stereocenters. The Kier molecular flexibility index (Phi) is 7.64. The molecule has 172 valence electrons. The predicted octanol–water partition coefficient (Wildman–Crippen LogP) is 2.62. The molecule has 0 spiro atoms. The molecule has 11 heteroatoms. The summed E-state index contributed by atoms with van der Waals surface area (Å²) in [6.07, 6.45) is 0.870. The quantitative estimate of drug-likeness (QED) is 0.449. The molecule has 2 heterocycles. The second kappa shape index (κ2) is 10.2. The van der Waals surface area contributed by atoms with Crippen LogP contribution < -0.4 is 5.32 Å². The zero-order chi connectivity index (χ0) is 23.3. The fourth-order valence-corrected chi connectivity index (χ4v) is 4.67. The van der Waals surface area contributed by atoms with E-state index in [2.05, 4.69) is 10.3 Å². The fraction of sp³-hybridized carbons (Fsp3) is 0.381. The second-order valence-corrected chi connectivity index (χ2v) is 10.4. The van der Waals surface area contributed by atoms with Crippen LogP contribution in [0.4, 0.5) is 0 Å². The monoisotopic (exact) mass is 478 g/mol. The Bertz CT molecular complexity index is 1200. The van der Waals surface area contributed by atoms with Crippen molar-refractivity contribution < 1.29 is 22.7 Å². The third kappa shape index (κ3) is 5.34. The Hall–Kier alpha value is -2.76. The van der Waals surface area contributed by atoms with Gasteiger partial charge in [0, 0.05) is 27.2 Å². The second-order valence-electron chi connectivity index (χ2n) is 7.26. The molecule has 0 bridgehead atoms. The van der Waals surface area contributed by atoms with E-state index < -0.39 is 16.0 Å². The lowest BCUT2D eigenvalue weighted by Gasteiger charge is -2.11. The highest BCUT2D eigenvalue weighted by molar-refractivity contribution is 7.89. The minimum atomic E-state index is -3.58. The number of carbonyl (C=O) groups is 2. The van der Waals surface area contributed by atoms with Gasteiger partial charge in [-0.25, -0.2) is 17.7 Å². The van der Waals surface area contributed by atoms with Gasteiger partial charge in [0.05, 0.1) is 27.2 Å². The predicted molar refractivity (Wildman–Crippen MR) is 122 cm³/mol. The molecule has 0 saturated carbocycles. The van der Waals surface area contributed by atoms with E-state index in [-0.39, 0.29) is 30.4 Å². The van der Waals surface area contributed by atoms with Gasteiger partial charge in [0.1, 0.15) is 12.4 Å². The molecule has 1 amide bonds. The fourth-order valence-electron chi connectivity index (χ4n) is 3.10. The maximum Gasteiger partial charge on any atom is 0.308 e. The highest BCUT2D eigenvalue weighted by Gasteiger charge is 2.20. The van der Waals surface area contributed by atoms with Crippen molar-refractivity contribution in [3.63, 3.8) is 0 Å². The first-order valence-corrected chi connectivity index (χ1v) is 12.4. The number of hydrogen-bond donors (Lipinski definition) is 1. The van der Waals surface area contributed by atoms with Crippen LogP contribution in [0.3, 0.4) is 0 Å². The molecule has 0 radical (unpaired) electrons. The van der Waals surface area contributed by atoms with Crippen LogP contribution in [0.2, 0.25) is 0 Å². The van der Waals surface area contributed by atoms with Gasteiger partial charge < -0.3 is 14.6 Å². The van der Waals surface area contributed by atoms with E-state index in [9.17, 15) is 18.0 Å². The minimum Gasteiger partial charge on any atom is -0.457 e. The van der Waals surface area contributed by atoms with E-state index in [1.54, 1.807) is 24.3 Å². The number of rotatable bonds is 10. The average Bonchev–Trinajstić information content (AvgIpc) is 3.40. The van der Waals surface area contributed by atoms with Crippen molar-refractivity contribution in [2.75, 3.05) is 20.6 Å². The Morgan fingerprint density at radius 1 is 1.25 bits per heavy atom. The first-order valence-electron chi connectivity index (χ1n) is 10.1. The maximum atomic E-state index is 12.4. The molecular weight excluding hydrogens is 452 g/mol. The van der Waals surface area contributed by atoms with Crippen LogP contribution in [0.15, 0.2) is 40.6 Å². The molecule has 1 aromatic carbocycles. The molecule has 0 atom stereocenters. The van der Waals surface area contributed by atoms with Crippen molar-refractivity contribution in [1.29, 1.82) is 0 Å². The SMILES string of the molecule is CCCn1c(COC(=O)CCNC(=O)c2cccs2)nc2cc(S(=O)(=O)N(C)C)ccc21. The molecule has 0 aliphatic carbocycles. The normalized spacial score (nSPS) is 11.8. The van der Waals surface area contributed by atoms with Crippen molar-refractivity contribution in [3.8, 4) is 0 Å². The van der Waals surface area contributed by atoms with Crippen molar-refractivity contribution in [1.82, 2.24) is 19.2 Å². The van der Waals surface area contributed by atoms with Crippen LogP contribution in [0.5, 0.6) is 0 Å². The van der Waals surface area contributed by atoms with Crippen LogP contribution in [-0.4, -0.2) is 54.8 Å². The lowest BCUT2D eigenvalue weighted by atomic mass is 10.3. The van der Waals surface area contributed by atoms with Crippen molar-refractivity contribution >= 4 is 44.3 Å². The highest BCUT2D eigenvalue weighted by atomic mass is 32.2. The number of amides is 1. The van der Waals surface area contributed by atoms with Gasteiger partial charge in [0.15, 0.2) is 0 Å². The van der Waals surface area contributed by atoms with Crippen molar-refractivity contribution in [2.24, 2.45) is 0 Å². The summed E-state index contributed by atoms with van der Waals surface area (Å²) < 4.78 is 33.3. The number of carbonyl (C=O) groups excluding carboxylic acids is 2. The number of benzene rings is 1. The smallest absolute Gasteiger partial charge is 0.308 e. The van der Waals surface area contributed by atoms with Crippen molar-refractivity contribution in [3.05, 3.63) is 46.4 Å². The van der Waals surface area contributed by atoms with Gasteiger partial charge in [0.2, 0.25) is 10.0 Å². The summed E-state index contributed by atoms with van der Waals surface area (Å²) >= 11 is 1.33. The number of imidazole rings is 1. The standard InChI is InChI=1S/C21H26N4O5S2/c1-4-11-25-17-8-7-15(32(28,29)24(2)3)13-16(17)23-19(25)14-30-20(26)9-10-22-21(27)18-6-5-12-31-18/h5-8,12-13H,4,9-11,14H2,1-3H3,(H,22,27). The lowest BCUT2D eigenvalue weighted by Crippen LogP contribution is -2.25. The molecule has 0 aliphatic heterocycles. The Morgan fingerprint density at radius 3 is 2.69 bits per heavy atom. The van der Waals surface area contributed by atoms with Gasteiger partial charge in [-0.1, -0.05) is 13.0 Å². The number of aromatic nitrogens is 2. The first kappa shape index (κ1) is 23.9. The number of nitrogens with one attached hydrogen (secondary N) is 1. The highest BCUT2D eigenvalue weighted by Crippen LogP contribution is 2.23. The Labute approximate surface area is 191 Å². The molecule has 1 N–H and O–H groups in total. The zero-order valence-corrected chi connectivity index (χ0v) is 19.8. The molecule has 3 rings (SSSR count). The van der Waals surface area contributed by atoms with E-state index >= 15 is 0 Å². The number of hydrogen-bond acceptors (Lipinski definition) is 7. The largest absolute Gasteiger partial charge is 0.457 e. The zero-order valence-electron chi connectivity index (χ0n) is 18.2. The molecule has 0 aliphatic rings. The number of fused-ring (bicyclic) bond motifs is 1. The summed E-state index contributed by atoms with van der Waals surface area (Å²) in [6, 6.07) is 8.31. The molecule has 3 aromatic rings. The van der Waals surface area contributed by atoms with Crippen LogP contribution >= 0.6 is 11.3 Å². The minimum absolute atomic E-state index is 0.0380. The Morgan fingerprint density at radius 2 is 2.03 bits per heavy atom. The number of esters is 1. The van der Waals surface area contributed by atoms with E-state index in [1.165, 1.54) is 31.5 Å². The molecule has 0 fully saturated rings. The number of ether oxygens (including phenoxy) is 1. The third-order valence-corrected chi connectivity index (χ3v) is 7.43. The van der Waals surface area contributed by atoms with Gasteiger partial charge in [-0.05, 0) is 36.1 Å². The Balaban J connectivity index is 1.67. The summed E-state index contributed by atoms with van der Waals surface area (Å²) in [5, 5.41) is 4.50. The van der Waals surface area contributed by atoms with Gasteiger partial charge >= 0.3 is 5.97 Å². The van der Waals surface area contributed by atoms with Gasteiger partial charge in [-0.3, -0.25) is 9.59 Å². The van der Waals surface area contributed by atoms with Crippen molar-refractivity contribution in [2.45, 2.75) is 37.8 Å².